The predicted molar refractivity (Wildman–Crippen MR) is 117 cm³/mol. The molecule has 1 fully saturated rings. The number of halogens is 3. The van der Waals surface area contributed by atoms with Crippen molar-refractivity contribution in [1.29, 1.82) is 0 Å². The van der Waals surface area contributed by atoms with Crippen LogP contribution in [0.15, 0.2) is 28.8 Å². The number of aromatic nitrogens is 1. The van der Waals surface area contributed by atoms with Gasteiger partial charge in [0.1, 0.15) is 0 Å². The van der Waals surface area contributed by atoms with Crippen molar-refractivity contribution < 1.29 is 32.4 Å². The Morgan fingerprint density at radius 1 is 1.25 bits per heavy atom. The molecule has 0 bridgehead atoms. The van der Waals surface area contributed by atoms with Crippen LogP contribution in [0.5, 0.6) is 5.88 Å². The molecule has 3 rings (SSSR count). The molecule has 0 aliphatic heterocycles. The molecule has 11 heteroatoms. The zero-order chi connectivity index (χ0) is 23.7. The van der Waals surface area contributed by atoms with Gasteiger partial charge in [0.15, 0.2) is 0 Å². The van der Waals surface area contributed by atoms with Crippen molar-refractivity contribution in [2.45, 2.75) is 57.3 Å². The van der Waals surface area contributed by atoms with Gasteiger partial charge < -0.3 is 0 Å². The topological polar surface area (TPSA) is 92.4 Å². The van der Waals surface area contributed by atoms with Crippen LogP contribution in [0.3, 0.4) is 0 Å². The van der Waals surface area contributed by atoms with Crippen LogP contribution in [-0.2, 0) is 4.79 Å². The first-order chi connectivity index (χ1) is 14.9. The molecule has 1 aliphatic rings. The van der Waals surface area contributed by atoms with Gasteiger partial charge in [-0.3, -0.25) is 0 Å². The maximum absolute atomic E-state index is 14.6. The quantitative estimate of drug-likeness (QED) is 0.536. The fourth-order valence-corrected chi connectivity index (χ4v) is 7.51. The molecule has 1 saturated carbocycles. The predicted octanol–water partition coefficient (Wildman–Crippen LogP) is 2.28. The Kier molecular flexibility index (Phi) is 7.24. The summed E-state index contributed by atoms with van der Waals surface area (Å²) in [6.45, 7) is 6.08. The molecule has 6 nitrogen and oxygen atoms in total. The van der Waals surface area contributed by atoms with E-state index in [9.17, 15) is 27.9 Å². The van der Waals surface area contributed by atoms with E-state index < -0.39 is 53.5 Å². The van der Waals surface area contributed by atoms with Crippen molar-refractivity contribution in [3.63, 3.8) is 0 Å². The second-order valence-corrected chi connectivity index (χ2v) is 16.9. The molecule has 174 valence electrons. The molecule has 32 heavy (non-hydrogen) atoms. The molecule has 2 N–H and O–H groups in total. The summed E-state index contributed by atoms with van der Waals surface area (Å²) >= 11 is -1.52. The zero-order valence-electron chi connectivity index (χ0n) is 18.0. The van der Waals surface area contributed by atoms with Gasteiger partial charge in [0.05, 0.1) is 0 Å². The number of nitrogens with zero attached hydrogens (tertiary/aromatic N) is 1. The van der Waals surface area contributed by atoms with Crippen molar-refractivity contribution in [3.05, 3.63) is 35.8 Å². The number of aromatic hydroxyl groups is 1. The molecule has 0 spiro atoms. The third-order valence-electron chi connectivity index (χ3n) is 5.57. The van der Waals surface area contributed by atoms with Gasteiger partial charge in [-0.05, 0) is 0 Å². The van der Waals surface area contributed by atoms with Crippen LogP contribution < -0.4 is 14.9 Å². The summed E-state index contributed by atoms with van der Waals surface area (Å²) in [5, 5.41) is 15.8. The first kappa shape index (κ1) is 24.6. The zero-order valence-corrected chi connectivity index (χ0v) is 21.1. The van der Waals surface area contributed by atoms with Crippen LogP contribution in [0.4, 0.5) is 13.2 Å². The molecular weight excluding hydrogens is 504 g/mol. The summed E-state index contributed by atoms with van der Waals surface area (Å²) in [5.41, 5.74) is 0. The van der Waals surface area contributed by atoms with Crippen LogP contribution in [-0.4, -0.2) is 56.5 Å². The van der Waals surface area contributed by atoms with Crippen molar-refractivity contribution >= 4 is 43.8 Å². The SMILES string of the molecule is C[Si](C)(C)c1ccc([AsH]C(=O)C(NC(=O)c2cc(O)no2)C2CCC(F)(F)CC2)cc1F. The number of carbonyl (C=O) groups excluding carboxylic acids is 2. The summed E-state index contributed by atoms with van der Waals surface area (Å²) in [7, 11) is -1.87. The average Bonchev–Trinajstić information content (AvgIpc) is 3.12. The Labute approximate surface area is 191 Å². The van der Waals surface area contributed by atoms with Crippen LogP contribution in [0.2, 0.25) is 19.6 Å². The van der Waals surface area contributed by atoms with Gasteiger partial charge >= 0.3 is 192 Å². The number of amides is 1. The normalized spacial score (nSPS) is 18.1. The number of hydrogen-bond acceptors (Lipinski definition) is 5. The summed E-state index contributed by atoms with van der Waals surface area (Å²) in [6.07, 6.45) is -0.555. The fraction of sp³-hybridized carbons (Fsp3) is 0.476. The molecular formula is C21H26AsF3N2O4Si. The van der Waals surface area contributed by atoms with E-state index >= 15 is 0 Å². The Balaban J connectivity index is 1.80. The molecule has 0 radical (unpaired) electrons. The third kappa shape index (κ3) is 6.04. The van der Waals surface area contributed by atoms with E-state index in [1.54, 1.807) is 12.1 Å². The van der Waals surface area contributed by atoms with E-state index in [1.807, 2.05) is 19.6 Å². The Morgan fingerprint density at radius 2 is 1.91 bits per heavy atom. The number of carbonyl (C=O) groups is 2. The van der Waals surface area contributed by atoms with E-state index in [4.69, 9.17) is 4.52 Å². The molecule has 1 aromatic heterocycles. The summed E-state index contributed by atoms with van der Waals surface area (Å²) in [4.78, 5) is 25.7. The molecule has 2 aromatic rings. The van der Waals surface area contributed by atoms with Gasteiger partial charge in [-0.2, -0.15) is 0 Å². The number of hydrogen-bond donors (Lipinski definition) is 2. The van der Waals surface area contributed by atoms with Crippen LogP contribution >= 0.6 is 0 Å². The molecule has 1 aliphatic carbocycles. The van der Waals surface area contributed by atoms with Gasteiger partial charge in [-0.25, -0.2) is 0 Å². The number of rotatable bonds is 7. The van der Waals surface area contributed by atoms with E-state index in [2.05, 4.69) is 10.5 Å². The number of benzene rings is 1. The molecule has 2 unspecified atom stereocenters. The third-order valence-corrected chi connectivity index (χ3v) is 10.0. The Morgan fingerprint density at radius 3 is 2.44 bits per heavy atom. The molecule has 2 atom stereocenters. The summed E-state index contributed by atoms with van der Waals surface area (Å²) < 4.78 is 46.9. The molecule has 0 saturated heterocycles. The van der Waals surface area contributed by atoms with Crippen LogP contribution in [0, 0.1) is 11.7 Å². The number of alkyl halides is 2. The first-order valence-electron chi connectivity index (χ1n) is 10.3. The molecule has 1 aromatic carbocycles. The van der Waals surface area contributed by atoms with Crippen LogP contribution in [0.25, 0.3) is 0 Å². The van der Waals surface area contributed by atoms with Crippen LogP contribution in [0.1, 0.15) is 36.2 Å². The minimum atomic E-state index is -2.78. The van der Waals surface area contributed by atoms with Crippen molar-refractivity contribution in [1.82, 2.24) is 10.5 Å². The van der Waals surface area contributed by atoms with E-state index in [0.29, 0.717) is 9.54 Å². The second kappa shape index (κ2) is 9.43. The Hall–Kier alpha value is -2.06. The van der Waals surface area contributed by atoms with Crippen molar-refractivity contribution in [2.75, 3.05) is 0 Å². The molecule has 1 heterocycles. The summed E-state index contributed by atoms with van der Waals surface area (Å²) in [6, 6.07) is 4.86. The van der Waals surface area contributed by atoms with Gasteiger partial charge in [0.25, 0.3) is 0 Å². The van der Waals surface area contributed by atoms with Gasteiger partial charge in [0, 0.05) is 0 Å². The Bertz CT molecular complexity index is 999. The minimum absolute atomic E-state index is 0.0838. The van der Waals surface area contributed by atoms with Gasteiger partial charge in [0.2, 0.25) is 0 Å². The van der Waals surface area contributed by atoms with Gasteiger partial charge in [-0.1, -0.05) is 0 Å². The number of nitrogens with one attached hydrogen (secondary N) is 1. The van der Waals surface area contributed by atoms with E-state index in [0.717, 1.165) is 6.07 Å². The summed E-state index contributed by atoms with van der Waals surface area (Å²) in [5.74, 6) is -5.11. The maximum atomic E-state index is 14.6. The molecule has 1 amide bonds. The second-order valence-electron chi connectivity index (χ2n) is 9.13. The average molecular weight is 530 g/mol. The van der Waals surface area contributed by atoms with E-state index in [-0.39, 0.29) is 41.8 Å². The first-order valence-corrected chi connectivity index (χ1v) is 15.9. The van der Waals surface area contributed by atoms with E-state index in [1.165, 1.54) is 6.07 Å². The monoisotopic (exact) mass is 530 g/mol. The standard InChI is InChI=1S/C21H26AsF3N2O4Si/c1-32(2,3)16-5-4-13(10-14(16)23)22-19(29)18(12-6-8-21(24,25)9-7-12)26-20(30)15-11-17(28)27-31-15/h4-5,10-12,18,22H,6-9H2,1-3H3,(H,26,30)(H,27,28). The van der Waals surface area contributed by atoms with Crippen molar-refractivity contribution in [3.8, 4) is 5.88 Å². The fourth-order valence-electron chi connectivity index (χ4n) is 3.80. The van der Waals surface area contributed by atoms with Crippen molar-refractivity contribution in [2.24, 2.45) is 5.92 Å². The van der Waals surface area contributed by atoms with Gasteiger partial charge in [-0.15, -0.1) is 0 Å².